The van der Waals surface area contributed by atoms with Crippen LogP contribution in [-0.4, -0.2) is 17.5 Å². The van der Waals surface area contributed by atoms with Crippen molar-refractivity contribution < 1.29 is 14.5 Å². The van der Waals surface area contributed by atoms with Crippen LogP contribution in [0.3, 0.4) is 0 Å². The van der Waals surface area contributed by atoms with Crippen LogP contribution in [0.25, 0.3) is 0 Å². The smallest absolute Gasteiger partial charge is 0.317 e. The molecule has 0 heterocycles. The first-order chi connectivity index (χ1) is 8.95. The minimum absolute atomic E-state index is 0.0335. The van der Waals surface area contributed by atoms with Crippen molar-refractivity contribution in [2.75, 3.05) is 6.61 Å². The van der Waals surface area contributed by atoms with Crippen LogP contribution in [0.5, 0.6) is 0 Å². The van der Waals surface area contributed by atoms with Gasteiger partial charge in [0.2, 0.25) is 0 Å². The number of carbonyl (C=O) groups is 1. The molecule has 0 aliphatic carbocycles. The van der Waals surface area contributed by atoms with Crippen molar-refractivity contribution in [3.05, 3.63) is 38.9 Å². The molecule has 0 atom stereocenters. The predicted molar refractivity (Wildman–Crippen MR) is 70.7 cm³/mol. The van der Waals surface area contributed by atoms with E-state index in [1.807, 2.05) is 6.07 Å². The van der Waals surface area contributed by atoms with E-state index in [1.165, 1.54) is 6.07 Å². The Morgan fingerprint density at radius 3 is 2.68 bits per heavy atom. The zero-order chi connectivity index (χ0) is 14.4. The normalized spacial score (nSPS) is 9.42. The van der Waals surface area contributed by atoms with Gasteiger partial charge < -0.3 is 4.74 Å². The van der Waals surface area contributed by atoms with E-state index < -0.39 is 10.9 Å². The van der Waals surface area contributed by atoms with Gasteiger partial charge in [0, 0.05) is 6.07 Å². The summed E-state index contributed by atoms with van der Waals surface area (Å²) in [5.41, 5.74) is 1.84. The summed E-state index contributed by atoms with van der Waals surface area (Å²) in [6.45, 7) is 5.55. The second-order valence-corrected chi connectivity index (χ2v) is 4.02. The highest BCUT2D eigenvalue weighted by Gasteiger charge is 2.15. The van der Waals surface area contributed by atoms with E-state index in [9.17, 15) is 14.9 Å². The molecule has 0 saturated heterocycles. The molecule has 1 rings (SSSR count). The fourth-order valence-corrected chi connectivity index (χ4v) is 1.67. The van der Waals surface area contributed by atoms with Crippen LogP contribution in [0.4, 0.5) is 5.69 Å². The largest absolute Gasteiger partial charge is 0.465 e. The van der Waals surface area contributed by atoms with Gasteiger partial charge in [-0.1, -0.05) is 17.9 Å². The number of nitrogens with zero attached hydrogens (tertiary/aromatic N) is 1. The van der Waals surface area contributed by atoms with Crippen molar-refractivity contribution >= 4 is 11.7 Å². The molecule has 5 heteroatoms. The molecule has 0 unspecified atom stereocenters. The number of nitro groups is 1. The van der Waals surface area contributed by atoms with Crippen LogP contribution < -0.4 is 0 Å². The fourth-order valence-electron chi connectivity index (χ4n) is 1.67. The lowest BCUT2D eigenvalue weighted by atomic mass is 10.0. The molecule has 1 aromatic carbocycles. The first-order valence-corrected chi connectivity index (χ1v) is 5.85. The number of hydrogen-bond acceptors (Lipinski definition) is 4. The van der Waals surface area contributed by atoms with Crippen LogP contribution in [0.1, 0.15) is 30.0 Å². The molecule has 0 N–H and O–H groups in total. The first kappa shape index (κ1) is 14.7. The maximum Gasteiger partial charge on any atom is 0.317 e. The summed E-state index contributed by atoms with van der Waals surface area (Å²) in [6, 6.07) is 3.29. The summed E-state index contributed by atoms with van der Waals surface area (Å²) in [5, 5.41) is 11.0. The van der Waals surface area contributed by atoms with Crippen LogP contribution in [0.2, 0.25) is 0 Å². The van der Waals surface area contributed by atoms with Gasteiger partial charge in [0.25, 0.3) is 5.69 Å². The number of rotatable bonds is 3. The second kappa shape index (κ2) is 6.55. The quantitative estimate of drug-likeness (QED) is 0.363. The molecular formula is C14H15NO4. The Kier molecular flexibility index (Phi) is 5.07. The van der Waals surface area contributed by atoms with Crippen molar-refractivity contribution in [1.82, 2.24) is 0 Å². The zero-order valence-corrected chi connectivity index (χ0v) is 11.1. The molecule has 0 radical (unpaired) electrons. The maximum atomic E-state index is 11.1. The average molecular weight is 261 g/mol. The lowest BCUT2D eigenvalue weighted by Crippen LogP contribution is -2.02. The predicted octanol–water partition coefficient (Wildman–Crippen LogP) is 2.52. The highest BCUT2D eigenvalue weighted by molar-refractivity contribution is 5.73. The van der Waals surface area contributed by atoms with Crippen LogP contribution in [0.15, 0.2) is 12.1 Å². The summed E-state index contributed by atoms with van der Waals surface area (Å²) < 4.78 is 4.73. The van der Waals surface area contributed by atoms with Crippen molar-refractivity contribution in [2.45, 2.75) is 27.2 Å². The van der Waals surface area contributed by atoms with Gasteiger partial charge in [-0.2, -0.15) is 0 Å². The van der Waals surface area contributed by atoms with E-state index in [0.717, 1.165) is 11.1 Å². The highest BCUT2D eigenvalue weighted by atomic mass is 16.6. The lowest BCUT2D eigenvalue weighted by molar-refractivity contribution is -0.385. The Labute approximate surface area is 111 Å². The number of carbonyl (C=O) groups excluding carboxylic acids is 1. The summed E-state index contributed by atoms with van der Waals surface area (Å²) >= 11 is 0. The van der Waals surface area contributed by atoms with Crippen LogP contribution in [0, 0.1) is 35.8 Å². The van der Waals surface area contributed by atoms with Crippen molar-refractivity contribution in [2.24, 2.45) is 0 Å². The summed E-state index contributed by atoms with van der Waals surface area (Å²) in [6.07, 6.45) is -0.0711. The molecule has 0 saturated carbocycles. The van der Waals surface area contributed by atoms with Crippen molar-refractivity contribution in [1.29, 1.82) is 0 Å². The minimum atomic E-state index is -0.464. The monoisotopic (exact) mass is 261 g/mol. The second-order valence-electron chi connectivity index (χ2n) is 4.02. The highest BCUT2D eigenvalue weighted by Crippen LogP contribution is 2.23. The number of esters is 1. The molecule has 100 valence electrons. The zero-order valence-electron chi connectivity index (χ0n) is 11.1. The Morgan fingerprint density at radius 1 is 1.42 bits per heavy atom. The summed E-state index contributed by atoms with van der Waals surface area (Å²) in [7, 11) is 0. The number of ether oxygens (including phenoxy) is 1. The van der Waals surface area contributed by atoms with Crippen LogP contribution in [-0.2, 0) is 9.53 Å². The Hall–Kier alpha value is -2.35. The van der Waals surface area contributed by atoms with Gasteiger partial charge in [-0.3, -0.25) is 14.9 Å². The van der Waals surface area contributed by atoms with Gasteiger partial charge in [-0.05, 0) is 31.9 Å². The van der Waals surface area contributed by atoms with Crippen molar-refractivity contribution in [3.63, 3.8) is 0 Å². The topological polar surface area (TPSA) is 69.4 Å². The third-order valence-corrected chi connectivity index (χ3v) is 2.41. The average Bonchev–Trinajstić information content (AvgIpc) is 2.31. The summed E-state index contributed by atoms with van der Waals surface area (Å²) in [4.78, 5) is 21.6. The molecular weight excluding hydrogens is 246 g/mol. The van der Waals surface area contributed by atoms with E-state index in [4.69, 9.17) is 4.74 Å². The summed E-state index contributed by atoms with van der Waals surface area (Å²) in [5.74, 6) is 4.87. The van der Waals surface area contributed by atoms with Gasteiger partial charge >= 0.3 is 5.97 Å². The Bertz CT molecular complexity index is 567. The lowest BCUT2D eigenvalue weighted by Gasteiger charge is -2.02. The Balaban J connectivity index is 3.04. The minimum Gasteiger partial charge on any atom is -0.465 e. The molecule has 0 aromatic heterocycles. The number of benzene rings is 1. The fraction of sp³-hybridized carbons (Fsp3) is 0.357. The van der Waals surface area contributed by atoms with Gasteiger partial charge in [0.15, 0.2) is 0 Å². The van der Waals surface area contributed by atoms with Gasteiger partial charge in [-0.25, -0.2) is 0 Å². The van der Waals surface area contributed by atoms with Gasteiger partial charge in [-0.15, -0.1) is 0 Å². The van der Waals surface area contributed by atoms with Gasteiger partial charge in [0.1, 0.15) is 12.0 Å². The first-order valence-electron chi connectivity index (χ1n) is 5.85. The van der Waals surface area contributed by atoms with Crippen molar-refractivity contribution in [3.8, 4) is 11.8 Å². The maximum absolute atomic E-state index is 11.1. The molecule has 5 nitrogen and oxygen atoms in total. The Morgan fingerprint density at radius 2 is 2.11 bits per heavy atom. The molecule has 0 fully saturated rings. The SMILES string of the molecule is CCOC(=O)CC#Cc1c(C)cc(C)cc1[N+](=O)[O-]. The van der Waals surface area contributed by atoms with E-state index >= 15 is 0 Å². The standard InChI is InChI=1S/C14H15NO4/c1-4-19-14(16)7-5-6-12-11(3)8-10(2)9-13(12)15(17)18/h8-9H,4,7H2,1-3H3. The number of aryl methyl sites for hydroxylation is 2. The van der Waals surface area contributed by atoms with Gasteiger partial charge in [0.05, 0.1) is 11.5 Å². The van der Waals surface area contributed by atoms with E-state index in [2.05, 4.69) is 11.8 Å². The third-order valence-electron chi connectivity index (χ3n) is 2.41. The molecule has 0 aliphatic rings. The van der Waals surface area contributed by atoms with E-state index in [0.29, 0.717) is 12.2 Å². The van der Waals surface area contributed by atoms with Crippen LogP contribution >= 0.6 is 0 Å². The molecule has 19 heavy (non-hydrogen) atoms. The third kappa shape index (κ3) is 4.11. The molecule has 0 bridgehead atoms. The van der Waals surface area contributed by atoms with E-state index in [-0.39, 0.29) is 12.1 Å². The molecule has 0 spiro atoms. The number of nitro benzene ring substituents is 1. The molecule has 0 amide bonds. The molecule has 0 aliphatic heterocycles. The van der Waals surface area contributed by atoms with E-state index in [1.54, 1.807) is 20.8 Å². The number of hydrogen-bond donors (Lipinski definition) is 0. The molecule has 1 aromatic rings.